The van der Waals surface area contributed by atoms with Crippen molar-refractivity contribution in [1.29, 1.82) is 0 Å². The van der Waals surface area contributed by atoms with Gasteiger partial charge in [0.05, 0.1) is 0 Å². The Labute approximate surface area is 88.8 Å². The molecule has 0 N–H and O–H groups in total. The normalized spacial score (nSPS) is 28.4. The minimum atomic E-state index is 0.170. The quantitative estimate of drug-likeness (QED) is 0.521. The molecule has 2 rings (SSSR count). The molecule has 0 radical (unpaired) electrons. The number of hydrogen-bond donors (Lipinski definition) is 0. The van der Waals surface area contributed by atoms with Gasteiger partial charge in [0, 0.05) is 0 Å². The van der Waals surface area contributed by atoms with Crippen LogP contribution >= 0.6 is 7.92 Å². The second-order valence-corrected chi connectivity index (χ2v) is 7.04. The Bertz CT molecular complexity index is 251. The summed E-state index contributed by atoms with van der Waals surface area (Å²) in [6.45, 7) is 4.72. The zero-order valence-corrected chi connectivity index (χ0v) is 10.1. The molecule has 2 atom stereocenters. The van der Waals surface area contributed by atoms with Crippen LogP contribution in [0.1, 0.15) is 39.5 Å². The fourth-order valence-electron chi connectivity index (χ4n) is 2.72. The van der Waals surface area contributed by atoms with Gasteiger partial charge in [0.15, 0.2) is 0 Å². The molecule has 0 bridgehead atoms. The molecule has 0 unspecified atom stereocenters. The first-order chi connectivity index (χ1) is 6.86. The van der Waals surface area contributed by atoms with Gasteiger partial charge in [0.2, 0.25) is 0 Å². The summed E-state index contributed by atoms with van der Waals surface area (Å²) in [4.78, 5) is 0. The molecule has 1 saturated heterocycles. The van der Waals surface area contributed by atoms with Crippen LogP contribution in [-0.2, 0) is 0 Å². The van der Waals surface area contributed by atoms with E-state index in [9.17, 15) is 0 Å². The highest BCUT2D eigenvalue weighted by Crippen LogP contribution is 2.56. The summed E-state index contributed by atoms with van der Waals surface area (Å²) < 4.78 is 0. The molecule has 1 heteroatoms. The molecule has 1 fully saturated rings. The maximum atomic E-state index is 2.36. The van der Waals surface area contributed by atoms with Gasteiger partial charge in [-0.2, -0.15) is 23.5 Å². The maximum Gasteiger partial charge on any atom is -0.0283 e. The summed E-state index contributed by atoms with van der Waals surface area (Å²) in [7, 11) is 0.170. The van der Waals surface area contributed by atoms with E-state index >= 15 is 0 Å². The Morgan fingerprint density at radius 1 is 1.29 bits per heavy atom. The van der Waals surface area contributed by atoms with Crippen molar-refractivity contribution in [3.63, 3.8) is 0 Å². The molecule has 78 valence electrons. The standard InChI is InChI=1S/C13H20P/c1-3-11-9-10-12(4-2)14(11)13-7-5-6-8-13/h5-8,11-12H,3-4,9-10H2,1-2H3/q-1/t11-,12-/m0/s1. The molecule has 1 aromatic carbocycles. The summed E-state index contributed by atoms with van der Waals surface area (Å²) in [6, 6.07) is 9.11. The number of hydrogen-bond acceptors (Lipinski definition) is 0. The van der Waals surface area contributed by atoms with Crippen molar-refractivity contribution in [2.24, 2.45) is 0 Å². The van der Waals surface area contributed by atoms with Crippen LogP contribution in [0.25, 0.3) is 0 Å². The molecule has 0 spiro atoms. The van der Waals surface area contributed by atoms with Gasteiger partial charge in [0.1, 0.15) is 0 Å². The Kier molecular flexibility index (Phi) is 3.34. The Hall–Kier alpha value is -0.220. The monoisotopic (exact) mass is 207 g/mol. The van der Waals surface area contributed by atoms with Gasteiger partial charge in [-0.25, -0.2) is 6.07 Å². The first-order valence-electron chi connectivity index (χ1n) is 5.86. The molecule has 1 aliphatic heterocycles. The molecule has 14 heavy (non-hydrogen) atoms. The smallest absolute Gasteiger partial charge is 0.0283 e. The van der Waals surface area contributed by atoms with Crippen molar-refractivity contribution in [2.45, 2.75) is 50.8 Å². The third kappa shape index (κ3) is 1.77. The average Bonchev–Trinajstić information content (AvgIpc) is 2.85. The molecule has 1 aromatic rings. The van der Waals surface area contributed by atoms with E-state index in [0.29, 0.717) is 0 Å². The Morgan fingerprint density at radius 2 is 1.93 bits per heavy atom. The SMILES string of the molecule is CC[C@H]1CC[C@H](CC)P1c1cc[cH-]c1. The predicted octanol–water partition coefficient (Wildman–Crippen LogP) is 3.86. The molecular weight excluding hydrogens is 187 g/mol. The summed E-state index contributed by atoms with van der Waals surface area (Å²) in [5.41, 5.74) is 2.02. The van der Waals surface area contributed by atoms with E-state index in [4.69, 9.17) is 0 Å². The highest BCUT2D eigenvalue weighted by molar-refractivity contribution is 7.67. The zero-order chi connectivity index (χ0) is 9.97. The van der Waals surface area contributed by atoms with Gasteiger partial charge in [-0.1, -0.05) is 13.8 Å². The van der Waals surface area contributed by atoms with Gasteiger partial charge < -0.3 is 0 Å². The van der Waals surface area contributed by atoms with E-state index in [1.165, 1.54) is 25.7 Å². The van der Waals surface area contributed by atoms with Crippen molar-refractivity contribution in [2.75, 3.05) is 0 Å². The Balaban J connectivity index is 2.19. The predicted molar refractivity (Wildman–Crippen MR) is 66.0 cm³/mol. The van der Waals surface area contributed by atoms with Crippen LogP contribution in [0.5, 0.6) is 0 Å². The van der Waals surface area contributed by atoms with E-state index in [1.54, 1.807) is 5.30 Å². The van der Waals surface area contributed by atoms with Crippen molar-refractivity contribution in [3.05, 3.63) is 24.3 Å². The van der Waals surface area contributed by atoms with Crippen LogP contribution in [0.3, 0.4) is 0 Å². The molecule has 1 heterocycles. The largest absolute Gasteiger partial charge is 0.206 e. The topological polar surface area (TPSA) is 0 Å². The fraction of sp³-hybridized carbons (Fsp3) is 0.615. The summed E-state index contributed by atoms with van der Waals surface area (Å²) in [5.74, 6) is 0. The maximum absolute atomic E-state index is 2.36. The molecule has 0 aliphatic carbocycles. The van der Waals surface area contributed by atoms with Gasteiger partial charge >= 0.3 is 0 Å². The molecule has 1 aliphatic rings. The Morgan fingerprint density at radius 3 is 2.36 bits per heavy atom. The van der Waals surface area contributed by atoms with E-state index in [0.717, 1.165) is 11.3 Å². The third-order valence-electron chi connectivity index (χ3n) is 3.51. The van der Waals surface area contributed by atoms with E-state index in [-0.39, 0.29) is 7.92 Å². The van der Waals surface area contributed by atoms with Crippen molar-refractivity contribution in [1.82, 2.24) is 0 Å². The van der Waals surface area contributed by atoms with Crippen LogP contribution < -0.4 is 5.30 Å². The third-order valence-corrected chi connectivity index (χ3v) is 7.22. The fourth-order valence-corrected chi connectivity index (χ4v) is 6.32. The van der Waals surface area contributed by atoms with E-state index in [1.807, 2.05) is 0 Å². The first kappa shape index (κ1) is 10.3. The average molecular weight is 207 g/mol. The number of rotatable bonds is 3. The van der Waals surface area contributed by atoms with Crippen molar-refractivity contribution in [3.8, 4) is 0 Å². The molecule has 0 aromatic heterocycles. The van der Waals surface area contributed by atoms with Crippen LogP contribution in [0.2, 0.25) is 0 Å². The van der Waals surface area contributed by atoms with Gasteiger partial charge in [0.25, 0.3) is 0 Å². The van der Waals surface area contributed by atoms with Crippen molar-refractivity contribution >= 4 is 13.2 Å². The van der Waals surface area contributed by atoms with Crippen molar-refractivity contribution < 1.29 is 0 Å². The van der Waals surface area contributed by atoms with E-state index < -0.39 is 0 Å². The lowest BCUT2D eigenvalue weighted by Gasteiger charge is -2.29. The van der Waals surface area contributed by atoms with Crippen LogP contribution in [0, 0.1) is 0 Å². The second kappa shape index (κ2) is 4.53. The summed E-state index contributed by atoms with van der Waals surface area (Å²) in [5, 5.41) is 1.66. The second-order valence-electron chi connectivity index (χ2n) is 4.25. The van der Waals surface area contributed by atoms with Gasteiger partial charge in [-0.3, -0.25) is 0 Å². The lowest BCUT2D eigenvalue weighted by Crippen LogP contribution is -2.12. The minimum Gasteiger partial charge on any atom is -0.206 e. The van der Waals surface area contributed by atoms with Crippen LogP contribution in [-0.4, -0.2) is 11.3 Å². The highest BCUT2D eigenvalue weighted by Gasteiger charge is 2.30. The first-order valence-corrected chi connectivity index (χ1v) is 7.34. The van der Waals surface area contributed by atoms with Crippen LogP contribution in [0.4, 0.5) is 0 Å². The summed E-state index contributed by atoms with van der Waals surface area (Å²) >= 11 is 0. The summed E-state index contributed by atoms with van der Waals surface area (Å²) in [6.07, 6.45) is 5.72. The van der Waals surface area contributed by atoms with Gasteiger partial charge in [-0.15, -0.1) is 7.92 Å². The molecule has 0 saturated carbocycles. The minimum absolute atomic E-state index is 0.170. The van der Waals surface area contributed by atoms with Gasteiger partial charge in [-0.05, 0) is 37.0 Å². The van der Waals surface area contributed by atoms with Crippen LogP contribution in [0.15, 0.2) is 24.3 Å². The molecular formula is C13H20P-. The zero-order valence-electron chi connectivity index (χ0n) is 9.24. The highest BCUT2D eigenvalue weighted by atomic mass is 31.1. The molecule has 0 nitrogen and oxygen atoms in total. The lowest BCUT2D eigenvalue weighted by atomic mass is 10.1. The molecule has 0 amide bonds. The van der Waals surface area contributed by atoms with E-state index in [2.05, 4.69) is 38.1 Å². The lowest BCUT2D eigenvalue weighted by molar-refractivity contribution is 0.696.